The van der Waals surface area contributed by atoms with Crippen molar-refractivity contribution in [1.82, 2.24) is 9.97 Å². The molecular weight excluding hydrogens is 294 g/mol. The molecule has 0 bridgehead atoms. The minimum atomic E-state index is -0.434. The summed E-state index contributed by atoms with van der Waals surface area (Å²) in [5.41, 5.74) is 1.38. The first kappa shape index (κ1) is 14.7. The lowest BCUT2D eigenvalue weighted by Crippen LogP contribution is -2.05. The number of aromatic nitrogens is 2. The number of nitrogens with zero attached hydrogens (tertiary/aromatic N) is 3. The first-order chi connectivity index (χ1) is 11.2. The molecule has 0 spiro atoms. The number of anilines is 3. The maximum absolute atomic E-state index is 10.9. The van der Waals surface area contributed by atoms with E-state index in [9.17, 15) is 10.1 Å². The van der Waals surface area contributed by atoms with Crippen molar-refractivity contribution in [2.24, 2.45) is 0 Å². The second-order valence-electron chi connectivity index (χ2n) is 4.88. The van der Waals surface area contributed by atoms with Crippen molar-refractivity contribution in [1.29, 1.82) is 0 Å². The summed E-state index contributed by atoms with van der Waals surface area (Å²) >= 11 is 0. The molecule has 0 atom stereocenters. The molecule has 0 aliphatic carbocycles. The van der Waals surface area contributed by atoms with E-state index in [-0.39, 0.29) is 5.69 Å². The number of fused-ring (bicyclic) bond motifs is 1. The van der Waals surface area contributed by atoms with Gasteiger partial charge in [-0.15, -0.1) is 0 Å². The lowest BCUT2D eigenvalue weighted by Gasteiger charge is -2.10. The van der Waals surface area contributed by atoms with Crippen LogP contribution in [0.1, 0.15) is 6.92 Å². The minimum Gasteiger partial charge on any atom is -0.370 e. The third-order valence-corrected chi connectivity index (χ3v) is 3.26. The van der Waals surface area contributed by atoms with E-state index in [0.29, 0.717) is 11.6 Å². The zero-order valence-electron chi connectivity index (χ0n) is 12.5. The Morgan fingerprint density at radius 2 is 1.96 bits per heavy atom. The first-order valence-corrected chi connectivity index (χ1v) is 7.19. The Bertz CT molecular complexity index is 866. The van der Waals surface area contributed by atoms with Gasteiger partial charge < -0.3 is 10.6 Å². The summed E-state index contributed by atoms with van der Waals surface area (Å²) in [5, 5.41) is 18.0. The molecule has 0 aliphatic rings. The van der Waals surface area contributed by atoms with Crippen LogP contribution < -0.4 is 10.6 Å². The Hall–Kier alpha value is -3.22. The van der Waals surface area contributed by atoms with Crippen LogP contribution in [0.25, 0.3) is 10.9 Å². The van der Waals surface area contributed by atoms with Crippen LogP contribution in [-0.4, -0.2) is 21.4 Å². The van der Waals surface area contributed by atoms with Gasteiger partial charge in [-0.05, 0) is 25.1 Å². The van der Waals surface area contributed by atoms with Gasteiger partial charge in [0, 0.05) is 29.8 Å². The number of rotatable bonds is 5. The van der Waals surface area contributed by atoms with Crippen molar-refractivity contribution >= 4 is 34.0 Å². The fourth-order valence-corrected chi connectivity index (χ4v) is 2.26. The van der Waals surface area contributed by atoms with Crippen molar-refractivity contribution in [2.45, 2.75) is 6.92 Å². The average molecular weight is 309 g/mol. The molecule has 0 unspecified atom stereocenters. The Morgan fingerprint density at radius 1 is 1.13 bits per heavy atom. The molecule has 0 saturated heterocycles. The molecule has 2 N–H and O–H groups in total. The van der Waals surface area contributed by atoms with Crippen LogP contribution in [0.3, 0.4) is 0 Å². The van der Waals surface area contributed by atoms with Crippen molar-refractivity contribution in [3.05, 3.63) is 58.6 Å². The Balaban J connectivity index is 1.99. The van der Waals surface area contributed by atoms with Gasteiger partial charge in [0.25, 0.3) is 5.69 Å². The normalized spacial score (nSPS) is 10.5. The van der Waals surface area contributed by atoms with Crippen molar-refractivity contribution in [2.75, 3.05) is 17.2 Å². The summed E-state index contributed by atoms with van der Waals surface area (Å²) in [6, 6.07) is 13.9. The van der Waals surface area contributed by atoms with Crippen LogP contribution in [0, 0.1) is 10.1 Å². The number of hydrogen-bond donors (Lipinski definition) is 2. The van der Waals surface area contributed by atoms with Gasteiger partial charge >= 0.3 is 0 Å². The van der Waals surface area contributed by atoms with Crippen molar-refractivity contribution in [3.63, 3.8) is 0 Å². The highest BCUT2D eigenvalue weighted by molar-refractivity contribution is 5.90. The molecule has 116 valence electrons. The molecule has 0 aliphatic heterocycles. The predicted octanol–water partition coefficient (Wildman–Crippen LogP) is 3.71. The molecule has 3 aromatic rings. The van der Waals surface area contributed by atoms with Crippen LogP contribution in [0.5, 0.6) is 0 Å². The highest BCUT2D eigenvalue weighted by Crippen LogP contribution is 2.24. The van der Waals surface area contributed by atoms with Gasteiger partial charge in [0.2, 0.25) is 5.95 Å². The monoisotopic (exact) mass is 309 g/mol. The molecular formula is C16H15N5O2. The molecule has 0 fully saturated rings. The second-order valence-corrected chi connectivity index (χ2v) is 4.88. The topological polar surface area (TPSA) is 93.0 Å². The molecule has 0 amide bonds. The third kappa shape index (κ3) is 3.18. The molecule has 0 saturated carbocycles. The van der Waals surface area contributed by atoms with Gasteiger partial charge in [0.15, 0.2) is 0 Å². The Kier molecular flexibility index (Phi) is 4.01. The number of nitrogens with one attached hydrogen (secondary N) is 2. The summed E-state index contributed by atoms with van der Waals surface area (Å²) < 4.78 is 0. The van der Waals surface area contributed by atoms with Crippen molar-refractivity contribution in [3.8, 4) is 0 Å². The molecule has 2 aromatic carbocycles. The summed E-state index contributed by atoms with van der Waals surface area (Å²) in [6.07, 6.45) is 0. The fraction of sp³-hybridized carbons (Fsp3) is 0.125. The number of para-hydroxylation sites is 1. The van der Waals surface area contributed by atoms with Crippen LogP contribution in [0.4, 0.5) is 23.1 Å². The minimum absolute atomic E-state index is 0.0164. The van der Waals surface area contributed by atoms with Gasteiger partial charge in [0.1, 0.15) is 5.82 Å². The highest BCUT2D eigenvalue weighted by Gasteiger charge is 2.09. The number of benzene rings is 2. The molecule has 1 aromatic heterocycles. The maximum atomic E-state index is 10.9. The van der Waals surface area contributed by atoms with Gasteiger partial charge in [-0.25, -0.2) is 4.98 Å². The largest absolute Gasteiger partial charge is 0.370 e. The quantitative estimate of drug-likeness (QED) is 0.551. The number of nitro groups is 1. The first-order valence-electron chi connectivity index (χ1n) is 7.19. The lowest BCUT2D eigenvalue weighted by atomic mass is 10.2. The molecule has 23 heavy (non-hydrogen) atoms. The zero-order valence-corrected chi connectivity index (χ0v) is 12.5. The lowest BCUT2D eigenvalue weighted by molar-refractivity contribution is -0.384. The van der Waals surface area contributed by atoms with Crippen molar-refractivity contribution < 1.29 is 4.92 Å². The van der Waals surface area contributed by atoms with E-state index in [2.05, 4.69) is 20.6 Å². The van der Waals surface area contributed by atoms with E-state index in [0.717, 1.165) is 23.3 Å². The number of nitro benzene ring substituents is 1. The van der Waals surface area contributed by atoms with E-state index >= 15 is 0 Å². The second kappa shape index (κ2) is 6.27. The van der Waals surface area contributed by atoms with Crippen LogP contribution in [0.15, 0.2) is 48.5 Å². The number of hydrogen-bond acceptors (Lipinski definition) is 6. The average Bonchev–Trinajstić information content (AvgIpc) is 2.55. The third-order valence-electron chi connectivity index (χ3n) is 3.26. The van der Waals surface area contributed by atoms with E-state index in [1.807, 2.05) is 31.2 Å². The molecule has 7 nitrogen and oxygen atoms in total. The predicted molar refractivity (Wildman–Crippen MR) is 90.1 cm³/mol. The van der Waals surface area contributed by atoms with E-state index < -0.39 is 4.92 Å². The molecule has 0 radical (unpaired) electrons. The SMILES string of the molecule is CCNc1nc(Nc2cccc([N+](=O)[O-])c2)nc2ccccc12. The fourth-order valence-electron chi connectivity index (χ4n) is 2.26. The zero-order chi connectivity index (χ0) is 16.2. The smallest absolute Gasteiger partial charge is 0.271 e. The highest BCUT2D eigenvalue weighted by atomic mass is 16.6. The van der Waals surface area contributed by atoms with Crippen LogP contribution >= 0.6 is 0 Å². The van der Waals surface area contributed by atoms with E-state index in [1.54, 1.807) is 12.1 Å². The van der Waals surface area contributed by atoms with E-state index in [1.165, 1.54) is 12.1 Å². The molecule has 3 rings (SSSR count). The summed E-state index contributed by atoms with van der Waals surface area (Å²) in [6.45, 7) is 2.72. The van der Waals surface area contributed by atoms with E-state index in [4.69, 9.17) is 0 Å². The van der Waals surface area contributed by atoms with Crippen LogP contribution in [-0.2, 0) is 0 Å². The molecule has 1 heterocycles. The summed E-state index contributed by atoms with van der Waals surface area (Å²) in [7, 11) is 0. The molecule has 7 heteroatoms. The van der Waals surface area contributed by atoms with Gasteiger partial charge in [-0.1, -0.05) is 18.2 Å². The summed E-state index contributed by atoms with van der Waals surface area (Å²) in [5.74, 6) is 1.12. The van der Waals surface area contributed by atoms with Gasteiger partial charge in [0.05, 0.1) is 10.4 Å². The number of non-ortho nitro benzene ring substituents is 1. The Labute approximate surface area is 132 Å². The Morgan fingerprint density at radius 3 is 2.74 bits per heavy atom. The summed E-state index contributed by atoms with van der Waals surface area (Å²) in [4.78, 5) is 19.3. The van der Waals surface area contributed by atoms with Gasteiger partial charge in [-0.3, -0.25) is 10.1 Å². The van der Waals surface area contributed by atoms with Gasteiger partial charge in [-0.2, -0.15) is 4.98 Å². The maximum Gasteiger partial charge on any atom is 0.271 e. The van der Waals surface area contributed by atoms with Crippen LogP contribution in [0.2, 0.25) is 0 Å². The standard InChI is InChI=1S/C16H15N5O2/c1-2-17-15-13-8-3-4-9-14(13)19-16(20-15)18-11-6-5-7-12(10-11)21(22)23/h3-10H,2H2,1H3,(H2,17,18,19,20).